The first-order chi connectivity index (χ1) is 7.66. The van der Waals surface area contributed by atoms with Crippen LogP contribution in [0.5, 0.6) is 0 Å². The van der Waals surface area contributed by atoms with E-state index in [0.717, 1.165) is 25.9 Å². The van der Waals surface area contributed by atoms with Crippen LogP contribution in [0.15, 0.2) is 15.8 Å². The van der Waals surface area contributed by atoms with E-state index in [0.29, 0.717) is 6.54 Å². The highest BCUT2D eigenvalue weighted by Gasteiger charge is 2.15. The largest absolute Gasteiger partial charge is 0.393 e. The number of nitrogens with two attached hydrogens (primary N) is 1. The summed E-state index contributed by atoms with van der Waals surface area (Å²) in [6.07, 6.45) is 4.53. The number of anilines is 1. The second kappa shape index (κ2) is 4.52. The zero-order valence-electron chi connectivity index (χ0n) is 8.94. The lowest BCUT2D eigenvalue weighted by Gasteiger charge is -2.23. The Balaban J connectivity index is 2.17. The Bertz CT molecular complexity index is 471. The van der Waals surface area contributed by atoms with Crippen LogP contribution < -0.4 is 17.0 Å². The fourth-order valence-corrected chi connectivity index (χ4v) is 1.83. The van der Waals surface area contributed by atoms with Gasteiger partial charge in [0.2, 0.25) is 0 Å². The average Bonchev–Trinajstić information content (AvgIpc) is 2.27. The van der Waals surface area contributed by atoms with Crippen molar-refractivity contribution in [3.8, 4) is 0 Å². The molecule has 3 N–H and O–H groups in total. The van der Waals surface area contributed by atoms with Gasteiger partial charge in [0.05, 0.1) is 12.6 Å². The Kier molecular flexibility index (Phi) is 3.09. The maximum absolute atomic E-state index is 11.5. The highest BCUT2D eigenvalue weighted by Crippen LogP contribution is 2.13. The van der Waals surface area contributed by atoms with Crippen molar-refractivity contribution in [1.29, 1.82) is 0 Å². The van der Waals surface area contributed by atoms with Gasteiger partial charge < -0.3 is 10.5 Å². The summed E-state index contributed by atoms with van der Waals surface area (Å²) in [6, 6.07) is 0. The molecule has 1 fully saturated rings. The third-order valence-corrected chi connectivity index (χ3v) is 2.71. The highest BCUT2D eigenvalue weighted by molar-refractivity contribution is 5.30. The number of H-pyrrole nitrogens is 1. The Morgan fingerprint density at radius 3 is 3.00 bits per heavy atom. The van der Waals surface area contributed by atoms with E-state index >= 15 is 0 Å². The second-order valence-electron chi connectivity index (χ2n) is 3.98. The fraction of sp³-hybridized carbons (Fsp3) is 0.600. The lowest BCUT2D eigenvalue weighted by atomic mass is 10.1. The zero-order chi connectivity index (χ0) is 11.5. The van der Waals surface area contributed by atoms with Crippen LogP contribution in [0.1, 0.15) is 19.3 Å². The Labute approximate surface area is 92.0 Å². The molecule has 1 aromatic rings. The molecule has 6 heteroatoms. The van der Waals surface area contributed by atoms with Crippen LogP contribution in [-0.4, -0.2) is 22.3 Å². The lowest BCUT2D eigenvalue weighted by Crippen LogP contribution is -2.35. The molecule has 1 saturated heterocycles. The molecule has 0 saturated carbocycles. The van der Waals surface area contributed by atoms with Gasteiger partial charge in [0.15, 0.2) is 0 Å². The number of aromatic amines is 1. The summed E-state index contributed by atoms with van der Waals surface area (Å²) in [5, 5.41) is 0. The van der Waals surface area contributed by atoms with Crippen molar-refractivity contribution in [3.05, 3.63) is 27.0 Å². The third kappa shape index (κ3) is 2.33. The van der Waals surface area contributed by atoms with Gasteiger partial charge in [-0.25, -0.2) is 4.79 Å². The number of nitrogens with zero attached hydrogens (tertiary/aromatic N) is 1. The first-order valence-electron chi connectivity index (χ1n) is 5.37. The van der Waals surface area contributed by atoms with Crippen molar-refractivity contribution < 1.29 is 4.74 Å². The van der Waals surface area contributed by atoms with Crippen LogP contribution in [0, 0.1) is 0 Å². The molecule has 1 aliphatic rings. The van der Waals surface area contributed by atoms with Crippen LogP contribution >= 0.6 is 0 Å². The lowest BCUT2D eigenvalue weighted by molar-refractivity contribution is 0.00523. The maximum atomic E-state index is 11.5. The molecule has 6 nitrogen and oxygen atoms in total. The van der Waals surface area contributed by atoms with E-state index < -0.39 is 11.2 Å². The van der Waals surface area contributed by atoms with Gasteiger partial charge >= 0.3 is 5.69 Å². The van der Waals surface area contributed by atoms with Crippen molar-refractivity contribution in [2.75, 3.05) is 12.3 Å². The van der Waals surface area contributed by atoms with Gasteiger partial charge in [-0.15, -0.1) is 0 Å². The predicted octanol–water partition coefficient (Wildman–Crippen LogP) is -0.312. The molecule has 0 radical (unpaired) electrons. The summed E-state index contributed by atoms with van der Waals surface area (Å²) in [7, 11) is 0. The zero-order valence-corrected chi connectivity index (χ0v) is 8.94. The smallest absolute Gasteiger partial charge is 0.328 e. The molecular formula is C10H15N3O3. The maximum Gasteiger partial charge on any atom is 0.328 e. The van der Waals surface area contributed by atoms with E-state index in [9.17, 15) is 9.59 Å². The molecule has 0 bridgehead atoms. The second-order valence-corrected chi connectivity index (χ2v) is 3.98. The predicted molar refractivity (Wildman–Crippen MR) is 59.3 cm³/mol. The molecule has 2 heterocycles. The monoisotopic (exact) mass is 225 g/mol. The quantitative estimate of drug-likeness (QED) is 0.722. The fourth-order valence-electron chi connectivity index (χ4n) is 1.83. The van der Waals surface area contributed by atoms with Gasteiger partial charge in [-0.3, -0.25) is 14.3 Å². The van der Waals surface area contributed by atoms with E-state index in [2.05, 4.69) is 4.98 Å². The Hall–Kier alpha value is -1.56. The van der Waals surface area contributed by atoms with Crippen LogP contribution in [0.2, 0.25) is 0 Å². The van der Waals surface area contributed by atoms with E-state index in [1.807, 2.05) is 0 Å². The van der Waals surface area contributed by atoms with Crippen molar-refractivity contribution >= 4 is 5.69 Å². The van der Waals surface area contributed by atoms with E-state index in [4.69, 9.17) is 10.5 Å². The van der Waals surface area contributed by atoms with Crippen molar-refractivity contribution in [2.24, 2.45) is 0 Å². The van der Waals surface area contributed by atoms with Crippen molar-refractivity contribution in [3.63, 3.8) is 0 Å². The minimum absolute atomic E-state index is 0.0387. The van der Waals surface area contributed by atoms with E-state index in [1.54, 1.807) is 0 Å². The molecule has 0 aromatic carbocycles. The first kappa shape index (κ1) is 10.9. The van der Waals surface area contributed by atoms with Gasteiger partial charge in [-0.05, 0) is 19.3 Å². The van der Waals surface area contributed by atoms with Gasteiger partial charge in [-0.1, -0.05) is 0 Å². The highest BCUT2D eigenvalue weighted by atomic mass is 16.5. The minimum Gasteiger partial charge on any atom is -0.393 e. The molecule has 1 unspecified atom stereocenters. The van der Waals surface area contributed by atoms with Gasteiger partial charge in [0, 0.05) is 12.8 Å². The summed E-state index contributed by atoms with van der Waals surface area (Å²) >= 11 is 0. The molecule has 1 aromatic heterocycles. The van der Waals surface area contributed by atoms with Crippen LogP contribution in [0.3, 0.4) is 0 Å². The molecule has 88 valence electrons. The Morgan fingerprint density at radius 2 is 2.31 bits per heavy atom. The summed E-state index contributed by atoms with van der Waals surface area (Å²) in [5.74, 6) is 0. The van der Waals surface area contributed by atoms with Gasteiger partial charge in [-0.2, -0.15) is 0 Å². The standard InChI is InChI=1S/C10H15N3O3/c11-8-6-13(10(15)12-9(8)14)5-7-3-1-2-4-16-7/h6-7H,1-5,11H2,(H,12,14,15). The molecule has 1 atom stereocenters. The number of nitrogen functional groups attached to an aromatic ring is 1. The molecule has 0 aliphatic carbocycles. The number of nitrogens with one attached hydrogen (secondary N) is 1. The number of hydrogen-bond donors (Lipinski definition) is 2. The van der Waals surface area contributed by atoms with Crippen LogP contribution in [0.25, 0.3) is 0 Å². The molecular weight excluding hydrogens is 210 g/mol. The van der Waals surface area contributed by atoms with Crippen molar-refractivity contribution in [2.45, 2.75) is 31.9 Å². The van der Waals surface area contributed by atoms with E-state index in [1.165, 1.54) is 10.8 Å². The molecule has 0 amide bonds. The SMILES string of the molecule is Nc1cn(CC2CCCCO2)c(=O)[nH]c1=O. The molecule has 1 aliphatic heterocycles. The minimum atomic E-state index is -0.536. The molecule has 0 spiro atoms. The topological polar surface area (TPSA) is 90.1 Å². The number of aromatic nitrogens is 2. The van der Waals surface area contributed by atoms with Crippen LogP contribution in [0.4, 0.5) is 5.69 Å². The summed E-state index contributed by atoms with van der Waals surface area (Å²) in [6.45, 7) is 1.18. The van der Waals surface area contributed by atoms with E-state index in [-0.39, 0.29) is 11.8 Å². The van der Waals surface area contributed by atoms with Gasteiger partial charge in [0.25, 0.3) is 5.56 Å². The number of hydrogen-bond acceptors (Lipinski definition) is 4. The number of ether oxygens (including phenoxy) is 1. The normalized spacial score (nSPS) is 20.9. The molecule has 2 rings (SSSR count). The summed E-state index contributed by atoms with van der Waals surface area (Å²) in [5.41, 5.74) is 4.53. The van der Waals surface area contributed by atoms with Gasteiger partial charge in [0.1, 0.15) is 5.69 Å². The number of rotatable bonds is 2. The average molecular weight is 225 g/mol. The first-order valence-corrected chi connectivity index (χ1v) is 5.37. The summed E-state index contributed by atoms with van der Waals surface area (Å²) in [4.78, 5) is 24.7. The summed E-state index contributed by atoms with van der Waals surface area (Å²) < 4.78 is 6.91. The van der Waals surface area contributed by atoms with Crippen LogP contribution in [-0.2, 0) is 11.3 Å². The van der Waals surface area contributed by atoms with Crippen molar-refractivity contribution in [1.82, 2.24) is 9.55 Å². The molecule has 16 heavy (non-hydrogen) atoms. The Morgan fingerprint density at radius 1 is 1.50 bits per heavy atom. The third-order valence-electron chi connectivity index (χ3n) is 2.71.